The molecule has 2 N–H and O–H groups in total. The van der Waals surface area contributed by atoms with Gasteiger partial charge in [0, 0.05) is 6.42 Å². The van der Waals surface area contributed by atoms with Crippen LogP contribution < -0.4 is 10.6 Å². The number of amides is 1. The van der Waals surface area contributed by atoms with Gasteiger partial charge in [-0.1, -0.05) is 26.2 Å². The van der Waals surface area contributed by atoms with Crippen LogP contribution in [0, 0.1) is 0 Å². The van der Waals surface area contributed by atoms with Crippen molar-refractivity contribution in [3.63, 3.8) is 0 Å². The Kier molecular flexibility index (Phi) is 6.41. The Morgan fingerprint density at radius 1 is 1.33 bits per heavy atom. The van der Waals surface area contributed by atoms with Gasteiger partial charge in [-0.25, -0.2) is 0 Å². The van der Waals surface area contributed by atoms with Crippen molar-refractivity contribution in [1.82, 2.24) is 10.6 Å². The van der Waals surface area contributed by atoms with Gasteiger partial charge in [0.1, 0.15) is 0 Å². The zero-order valence-electron chi connectivity index (χ0n) is 9.85. The number of hydrogen-bond donors (Lipinski definition) is 2. The molecular weight excluding hydrogens is 188 g/mol. The minimum absolute atomic E-state index is 0.213. The van der Waals surface area contributed by atoms with Crippen LogP contribution in [0.1, 0.15) is 58.3 Å². The lowest BCUT2D eigenvalue weighted by atomic mass is 10.1. The molecule has 0 radical (unpaired) electrons. The smallest absolute Gasteiger partial charge is 0.221 e. The first-order valence-electron chi connectivity index (χ1n) is 6.35. The maximum Gasteiger partial charge on any atom is 0.221 e. The lowest BCUT2D eigenvalue weighted by Gasteiger charge is -2.24. The van der Waals surface area contributed by atoms with Crippen LogP contribution >= 0.6 is 0 Å². The van der Waals surface area contributed by atoms with Crippen molar-refractivity contribution in [2.24, 2.45) is 0 Å². The van der Waals surface area contributed by atoms with Crippen molar-refractivity contribution in [3.8, 4) is 0 Å². The second kappa shape index (κ2) is 7.69. The van der Waals surface area contributed by atoms with E-state index >= 15 is 0 Å². The van der Waals surface area contributed by atoms with E-state index in [2.05, 4.69) is 17.6 Å². The summed E-state index contributed by atoms with van der Waals surface area (Å²) in [5.74, 6) is 0.213. The molecule has 1 fully saturated rings. The van der Waals surface area contributed by atoms with Crippen molar-refractivity contribution in [1.29, 1.82) is 0 Å². The molecule has 1 saturated heterocycles. The first-order valence-corrected chi connectivity index (χ1v) is 6.35. The molecule has 0 bridgehead atoms. The van der Waals surface area contributed by atoms with Crippen LogP contribution in [0.4, 0.5) is 0 Å². The monoisotopic (exact) mass is 212 g/mol. The van der Waals surface area contributed by atoms with E-state index < -0.39 is 0 Å². The third-order valence-electron chi connectivity index (χ3n) is 2.90. The minimum atomic E-state index is 0.213. The average Bonchev–Trinajstić information content (AvgIpc) is 2.26. The number of rotatable bonds is 6. The van der Waals surface area contributed by atoms with E-state index in [1.165, 1.54) is 32.1 Å². The summed E-state index contributed by atoms with van der Waals surface area (Å²) in [6, 6.07) is 0. The van der Waals surface area contributed by atoms with Crippen LogP contribution in [0.15, 0.2) is 0 Å². The van der Waals surface area contributed by atoms with Gasteiger partial charge < -0.3 is 5.32 Å². The first-order chi connectivity index (χ1) is 7.33. The molecule has 88 valence electrons. The van der Waals surface area contributed by atoms with E-state index in [0.29, 0.717) is 6.42 Å². The quantitative estimate of drug-likeness (QED) is 0.663. The molecule has 0 spiro atoms. The van der Waals surface area contributed by atoms with Crippen molar-refractivity contribution in [2.45, 2.75) is 64.5 Å². The predicted octanol–water partition coefficient (Wildman–Crippen LogP) is 2.17. The predicted molar refractivity (Wildman–Crippen MR) is 62.5 cm³/mol. The van der Waals surface area contributed by atoms with Crippen molar-refractivity contribution >= 4 is 5.91 Å². The second-order valence-electron chi connectivity index (χ2n) is 4.38. The van der Waals surface area contributed by atoms with Crippen LogP contribution in [-0.2, 0) is 4.79 Å². The van der Waals surface area contributed by atoms with Crippen LogP contribution in [0.3, 0.4) is 0 Å². The van der Waals surface area contributed by atoms with Crippen LogP contribution in [0.5, 0.6) is 0 Å². The highest BCUT2D eigenvalue weighted by Gasteiger charge is 2.13. The molecule has 0 aromatic carbocycles. The van der Waals surface area contributed by atoms with E-state index in [9.17, 15) is 4.79 Å². The maximum atomic E-state index is 11.5. The molecule has 1 unspecified atom stereocenters. The van der Waals surface area contributed by atoms with E-state index in [-0.39, 0.29) is 12.1 Å². The van der Waals surface area contributed by atoms with Gasteiger partial charge in [0.15, 0.2) is 0 Å². The molecule has 3 heteroatoms. The number of unbranched alkanes of at least 4 members (excludes halogenated alkanes) is 3. The summed E-state index contributed by atoms with van der Waals surface area (Å²) in [6.45, 7) is 3.23. The summed E-state index contributed by atoms with van der Waals surface area (Å²) < 4.78 is 0. The Hall–Kier alpha value is -0.570. The van der Waals surface area contributed by atoms with Crippen LogP contribution in [0.2, 0.25) is 0 Å². The largest absolute Gasteiger partial charge is 0.341 e. The van der Waals surface area contributed by atoms with Gasteiger partial charge in [-0.15, -0.1) is 0 Å². The van der Waals surface area contributed by atoms with Gasteiger partial charge in [-0.2, -0.15) is 0 Å². The second-order valence-corrected chi connectivity index (χ2v) is 4.38. The summed E-state index contributed by atoms with van der Waals surface area (Å²) in [4.78, 5) is 11.5. The summed E-state index contributed by atoms with van der Waals surface area (Å²) >= 11 is 0. The molecule has 15 heavy (non-hydrogen) atoms. The highest BCUT2D eigenvalue weighted by molar-refractivity contribution is 5.76. The Labute approximate surface area is 93.0 Å². The van der Waals surface area contributed by atoms with Crippen molar-refractivity contribution < 1.29 is 4.79 Å². The van der Waals surface area contributed by atoms with Gasteiger partial charge in [0.2, 0.25) is 5.91 Å². The van der Waals surface area contributed by atoms with E-state index in [1.807, 2.05) is 0 Å². The summed E-state index contributed by atoms with van der Waals surface area (Å²) in [5, 5.41) is 6.37. The number of carbonyl (C=O) groups excluding carboxylic acids is 1. The fourth-order valence-corrected chi connectivity index (χ4v) is 1.95. The molecule has 1 aliphatic rings. The summed E-state index contributed by atoms with van der Waals surface area (Å²) in [6.07, 6.45) is 9.17. The average molecular weight is 212 g/mol. The molecule has 0 aromatic heterocycles. The molecule has 3 nitrogen and oxygen atoms in total. The lowest BCUT2D eigenvalue weighted by molar-refractivity contribution is -0.122. The Morgan fingerprint density at radius 2 is 2.20 bits per heavy atom. The number of nitrogens with one attached hydrogen (secondary N) is 2. The SMILES string of the molecule is CCCCCCC(=O)NC1CCCCN1. The molecule has 0 aliphatic carbocycles. The highest BCUT2D eigenvalue weighted by Crippen LogP contribution is 2.06. The lowest BCUT2D eigenvalue weighted by Crippen LogP contribution is -2.47. The fraction of sp³-hybridized carbons (Fsp3) is 0.917. The van der Waals surface area contributed by atoms with E-state index in [0.717, 1.165) is 19.4 Å². The topological polar surface area (TPSA) is 41.1 Å². The molecule has 1 amide bonds. The normalized spacial score (nSPS) is 21.3. The van der Waals surface area contributed by atoms with Gasteiger partial charge >= 0.3 is 0 Å². The minimum Gasteiger partial charge on any atom is -0.341 e. The Balaban J connectivity index is 2.01. The number of hydrogen-bond acceptors (Lipinski definition) is 2. The number of carbonyl (C=O) groups is 1. The van der Waals surface area contributed by atoms with Gasteiger partial charge in [-0.3, -0.25) is 10.1 Å². The standard InChI is InChI=1S/C12H24N2O/c1-2-3-4-5-9-12(15)14-11-8-6-7-10-13-11/h11,13H,2-10H2,1H3,(H,14,15). The van der Waals surface area contributed by atoms with Gasteiger partial charge in [0.25, 0.3) is 0 Å². The first kappa shape index (κ1) is 12.5. The number of piperidine rings is 1. The Morgan fingerprint density at radius 3 is 2.87 bits per heavy atom. The molecular formula is C12H24N2O. The summed E-state index contributed by atoms with van der Waals surface area (Å²) in [5.41, 5.74) is 0. The molecule has 0 saturated carbocycles. The zero-order chi connectivity index (χ0) is 10.9. The third-order valence-corrected chi connectivity index (χ3v) is 2.90. The van der Waals surface area contributed by atoms with E-state index in [4.69, 9.17) is 0 Å². The molecule has 1 heterocycles. The van der Waals surface area contributed by atoms with Crippen molar-refractivity contribution in [3.05, 3.63) is 0 Å². The van der Waals surface area contributed by atoms with Gasteiger partial charge in [-0.05, 0) is 32.2 Å². The highest BCUT2D eigenvalue weighted by atomic mass is 16.1. The molecule has 1 aliphatic heterocycles. The van der Waals surface area contributed by atoms with Gasteiger partial charge in [0.05, 0.1) is 6.17 Å². The van der Waals surface area contributed by atoms with Crippen LogP contribution in [-0.4, -0.2) is 18.6 Å². The summed E-state index contributed by atoms with van der Waals surface area (Å²) in [7, 11) is 0. The van der Waals surface area contributed by atoms with Crippen LogP contribution in [0.25, 0.3) is 0 Å². The molecule has 1 rings (SSSR count). The van der Waals surface area contributed by atoms with Crippen molar-refractivity contribution in [2.75, 3.05) is 6.54 Å². The molecule has 0 aromatic rings. The molecule has 1 atom stereocenters. The fourth-order valence-electron chi connectivity index (χ4n) is 1.95. The third kappa shape index (κ3) is 5.78. The maximum absolute atomic E-state index is 11.5. The zero-order valence-corrected chi connectivity index (χ0v) is 9.85. The van der Waals surface area contributed by atoms with E-state index in [1.54, 1.807) is 0 Å². The Bertz CT molecular complexity index is 176.